The van der Waals surface area contributed by atoms with E-state index < -0.39 is 0 Å². The summed E-state index contributed by atoms with van der Waals surface area (Å²) in [5.41, 5.74) is 2.08. The van der Waals surface area contributed by atoms with E-state index in [-0.39, 0.29) is 0 Å². The minimum atomic E-state index is 0.377. The molecule has 106 valence electrons. The van der Waals surface area contributed by atoms with Crippen LogP contribution < -0.4 is 10.1 Å². The van der Waals surface area contributed by atoms with Crippen LogP contribution in [0.1, 0.15) is 53.1 Å². The second-order valence-corrected chi connectivity index (χ2v) is 6.77. The highest BCUT2D eigenvalue weighted by atomic mass is 16.5. The Balaban J connectivity index is 1.99. The van der Waals surface area contributed by atoms with Gasteiger partial charge in [0, 0.05) is 12.1 Å². The van der Waals surface area contributed by atoms with Crippen molar-refractivity contribution in [2.75, 3.05) is 6.61 Å². The van der Waals surface area contributed by atoms with Gasteiger partial charge in [-0.15, -0.1) is 0 Å². The predicted molar refractivity (Wildman–Crippen MR) is 80.5 cm³/mol. The van der Waals surface area contributed by atoms with E-state index in [9.17, 15) is 0 Å². The lowest BCUT2D eigenvalue weighted by atomic mass is 10.0. The number of nitrogens with one attached hydrogen (secondary N) is 1. The topological polar surface area (TPSA) is 21.3 Å². The Kier molecular flexibility index (Phi) is 3.65. The lowest BCUT2D eigenvalue weighted by Crippen LogP contribution is -2.25. The van der Waals surface area contributed by atoms with Crippen molar-refractivity contribution < 1.29 is 4.74 Å². The van der Waals surface area contributed by atoms with Crippen LogP contribution in [0.5, 0.6) is 5.75 Å². The maximum absolute atomic E-state index is 5.48. The number of benzene rings is 1. The van der Waals surface area contributed by atoms with Crippen LogP contribution in [0.4, 0.5) is 0 Å². The van der Waals surface area contributed by atoms with Gasteiger partial charge in [0.25, 0.3) is 0 Å². The van der Waals surface area contributed by atoms with Crippen LogP contribution in [0.2, 0.25) is 0 Å². The molecule has 19 heavy (non-hydrogen) atoms. The Morgan fingerprint density at radius 2 is 1.63 bits per heavy atom. The first-order valence-electron chi connectivity index (χ1n) is 7.29. The summed E-state index contributed by atoms with van der Waals surface area (Å²) in [6.07, 6.45) is 0. The quantitative estimate of drug-likeness (QED) is 0.859. The van der Waals surface area contributed by atoms with Crippen molar-refractivity contribution >= 4 is 0 Å². The third-order valence-corrected chi connectivity index (χ3v) is 5.13. The van der Waals surface area contributed by atoms with E-state index in [0.717, 1.165) is 12.4 Å². The molecular formula is C17H27NO. The van der Waals surface area contributed by atoms with Crippen molar-refractivity contribution in [2.45, 2.75) is 53.6 Å². The Morgan fingerprint density at radius 1 is 1.11 bits per heavy atom. The Labute approximate surface area is 117 Å². The van der Waals surface area contributed by atoms with Crippen molar-refractivity contribution in [1.82, 2.24) is 5.32 Å². The molecule has 2 heteroatoms. The summed E-state index contributed by atoms with van der Waals surface area (Å²) < 4.78 is 5.48. The molecule has 1 saturated carbocycles. The van der Waals surface area contributed by atoms with Crippen LogP contribution >= 0.6 is 0 Å². The zero-order valence-electron chi connectivity index (χ0n) is 13.1. The fraction of sp³-hybridized carbons (Fsp3) is 0.647. The molecule has 0 aromatic heterocycles. The van der Waals surface area contributed by atoms with Gasteiger partial charge in [-0.05, 0) is 42.4 Å². The van der Waals surface area contributed by atoms with E-state index in [1.54, 1.807) is 0 Å². The average Bonchev–Trinajstić information content (AvgIpc) is 2.73. The van der Waals surface area contributed by atoms with E-state index >= 15 is 0 Å². The summed E-state index contributed by atoms with van der Waals surface area (Å²) in [6.45, 7) is 14.3. The van der Waals surface area contributed by atoms with Crippen molar-refractivity contribution in [3.8, 4) is 5.75 Å². The van der Waals surface area contributed by atoms with Crippen LogP contribution in [-0.4, -0.2) is 12.6 Å². The molecule has 1 aromatic rings. The average molecular weight is 261 g/mol. The molecule has 2 rings (SSSR count). The van der Waals surface area contributed by atoms with E-state index in [4.69, 9.17) is 4.74 Å². The van der Waals surface area contributed by atoms with Gasteiger partial charge in [-0.1, -0.05) is 39.8 Å². The summed E-state index contributed by atoms with van der Waals surface area (Å²) in [5.74, 6) is 0.950. The fourth-order valence-electron chi connectivity index (χ4n) is 2.98. The molecule has 0 radical (unpaired) electrons. The summed E-state index contributed by atoms with van der Waals surface area (Å²) >= 11 is 0. The Hall–Kier alpha value is -1.02. The molecule has 1 aliphatic rings. The molecular weight excluding hydrogens is 234 g/mol. The number of hydrogen-bond donors (Lipinski definition) is 1. The van der Waals surface area contributed by atoms with E-state index in [1.807, 2.05) is 6.92 Å². The monoisotopic (exact) mass is 261 g/mol. The smallest absolute Gasteiger partial charge is 0.119 e. The highest BCUT2D eigenvalue weighted by Crippen LogP contribution is 2.63. The van der Waals surface area contributed by atoms with Gasteiger partial charge in [0.2, 0.25) is 0 Å². The van der Waals surface area contributed by atoms with Gasteiger partial charge in [0.15, 0.2) is 0 Å². The summed E-state index contributed by atoms with van der Waals surface area (Å²) in [7, 11) is 0. The minimum absolute atomic E-state index is 0.377. The second-order valence-electron chi connectivity index (χ2n) is 6.77. The standard InChI is InChI=1S/C17H27NO/c1-7-19-14-10-8-13(9-11-14)12(2)18-15-16(3,4)17(15,5)6/h8-12,15,18H,7H2,1-6H3. The molecule has 1 atom stereocenters. The first-order chi connectivity index (χ1) is 8.80. The maximum Gasteiger partial charge on any atom is 0.119 e. The van der Waals surface area contributed by atoms with Gasteiger partial charge >= 0.3 is 0 Å². The molecule has 0 bridgehead atoms. The minimum Gasteiger partial charge on any atom is -0.494 e. The van der Waals surface area contributed by atoms with E-state index in [2.05, 4.69) is 64.2 Å². The van der Waals surface area contributed by atoms with Crippen LogP contribution in [-0.2, 0) is 0 Å². The van der Waals surface area contributed by atoms with Gasteiger partial charge in [0.05, 0.1) is 6.61 Å². The Bertz CT molecular complexity index is 419. The second kappa shape index (κ2) is 4.82. The largest absolute Gasteiger partial charge is 0.494 e. The fourth-order valence-corrected chi connectivity index (χ4v) is 2.98. The third kappa shape index (κ3) is 2.51. The molecule has 1 aromatic carbocycles. The van der Waals surface area contributed by atoms with Gasteiger partial charge in [-0.2, -0.15) is 0 Å². The summed E-state index contributed by atoms with van der Waals surface area (Å²) in [4.78, 5) is 0. The highest BCUT2D eigenvalue weighted by molar-refractivity contribution is 5.30. The van der Waals surface area contributed by atoms with E-state index in [1.165, 1.54) is 5.56 Å². The number of ether oxygens (including phenoxy) is 1. The molecule has 1 N–H and O–H groups in total. The molecule has 0 spiro atoms. The molecule has 1 fully saturated rings. The zero-order valence-corrected chi connectivity index (χ0v) is 13.1. The summed E-state index contributed by atoms with van der Waals surface area (Å²) in [5, 5.41) is 3.76. The normalized spacial score (nSPS) is 22.0. The van der Waals surface area contributed by atoms with Crippen LogP contribution in [0, 0.1) is 10.8 Å². The van der Waals surface area contributed by atoms with Crippen molar-refractivity contribution in [2.24, 2.45) is 10.8 Å². The van der Waals surface area contributed by atoms with Crippen LogP contribution in [0.15, 0.2) is 24.3 Å². The molecule has 0 aliphatic heterocycles. The van der Waals surface area contributed by atoms with Gasteiger partial charge in [-0.3, -0.25) is 0 Å². The number of rotatable bonds is 5. The Morgan fingerprint density at radius 3 is 2.05 bits per heavy atom. The molecule has 0 heterocycles. The lowest BCUT2D eigenvalue weighted by Gasteiger charge is -2.16. The molecule has 1 unspecified atom stereocenters. The number of hydrogen-bond acceptors (Lipinski definition) is 2. The van der Waals surface area contributed by atoms with Crippen LogP contribution in [0.3, 0.4) is 0 Å². The lowest BCUT2D eigenvalue weighted by molar-refractivity contribution is 0.340. The van der Waals surface area contributed by atoms with E-state index in [0.29, 0.717) is 22.9 Å². The first kappa shape index (κ1) is 14.4. The molecule has 0 saturated heterocycles. The SMILES string of the molecule is CCOc1ccc(C(C)NC2C(C)(C)C2(C)C)cc1. The van der Waals surface area contributed by atoms with Crippen molar-refractivity contribution in [1.29, 1.82) is 0 Å². The van der Waals surface area contributed by atoms with Gasteiger partial charge in [-0.25, -0.2) is 0 Å². The van der Waals surface area contributed by atoms with Crippen molar-refractivity contribution in [3.63, 3.8) is 0 Å². The molecule has 2 nitrogen and oxygen atoms in total. The van der Waals surface area contributed by atoms with Crippen molar-refractivity contribution in [3.05, 3.63) is 29.8 Å². The maximum atomic E-state index is 5.48. The zero-order chi connectivity index (χ0) is 14.3. The third-order valence-electron chi connectivity index (χ3n) is 5.13. The summed E-state index contributed by atoms with van der Waals surface area (Å²) in [6, 6.07) is 9.39. The predicted octanol–water partition coefficient (Wildman–Crippen LogP) is 4.17. The van der Waals surface area contributed by atoms with Gasteiger partial charge in [0.1, 0.15) is 5.75 Å². The molecule has 0 amide bonds. The highest BCUT2D eigenvalue weighted by Gasteiger charge is 2.64. The first-order valence-corrected chi connectivity index (χ1v) is 7.29. The van der Waals surface area contributed by atoms with Gasteiger partial charge < -0.3 is 10.1 Å². The molecule has 1 aliphatic carbocycles. The van der Waals surface area contributed by atoms with Crippen LogP contribution in [0.25, 0.3) is 0 Å².